The first-order chi connectivity index (χ1) is 14.9. The molecule has 0 aromatic rings. The number of carbonyl (C=O) groups excluding carboxylic acids is 3. The number of nitrogens with one attached hydrogen (secondary N) is 2. The van der Waals surface area contributed by atoms with Crippen molar-refractivity contribution in [2.45, 2.75) is 84.0 Å². The summed E-state index contributed by atoms with van der Waals surface area (Å²) in [7, 11) is 0. The van der Waals surface area contributed by atoms with E-state index in [9.17, 15) is 34.2 Å². The zero-order valence-corrected chi connectivity index (χ0v) is 19.2. The molecule has 0 aromatic heterocycles. The van der Waals surface area contributed by atoms with Crippen LogP contribution < -0.4 is 16.4 Å². The number of carbonyl (C=O) groups is 5. The molecule has 1 aliphatic rings. The first kappa shape index (κ1) is 27.3. The number of nitrogens with zero attached hydrogens (tertiary/aromatic N) is 1. The molecule has 0 aliphatic carbocycles. The van der Waals surface area contributed by atoms with Gasteiger partial charge >= 0.3 is 11.9 Å². The van der Waals surface area contributed by atoms with Crippen LogP contribution in [0, 0.1) is 11.8 Å². The molecule has 11 nitrogen and oxygen atoms in total. The molecule has 1 saturated heterocycles. The first-order valence-electron chi connectivity index (χ1n) is 11.0. The number of amides is 3. The van der Waals surface area contributed by atoms with Gasteiger partial charge in [-0.2, -0.15) is 0 Å². The van der Waals surface area contributed by atoms with Gasteiger partial charge in [-0.25, -0.2) is 4.79 Å². The SMILES string of the molecule is CCC(C)C(N)C(=O)NC(CC(=O)O)C(=O)NC(CC(C)C)C(=O)N1CCCC1C(=O)O. The number of likely N-dealkylation sites (tertiary alicyclic amines) is 1. The van der Waals surface area contributed by atoms with Gasteiger partial charge in [0.1, 0.15) is 18.1 Å². The molecular weight excluding hydrogens is 420 g/mol. The summed E-state index contributed by atoms with van der Waals surface area (Å²) in [5.74, 6) is -4.63. The highest BCUT2D eigenvalue weighted by Gasteiger charge is 2.39. The lowest BCUT2D eigenvalue weighted by Gasteiger charge is -2.29. The van der Waals surface area contributed by atoms with Crippen LogP contribution in [-0.4, -0.2) is 75.5 Å². The number of rotatable bonds is 12. The molecule has 6 N–H and O–H groups in total. The Kier molecular flexibility index (Phi) is 10.6. The maximum absolute atomic E-state index is 13.1. The maximum Gasteiger partial charge on any atom is 0.326 e. The van der Waals surface area contributed by atoms with Crippen molar-refractivity contribution in [2.24, 2.45) is 17.6 Å². The van der Waals surface area contributed by atoms with E-state index in [-0.39, 0.29) is 24.8 Å². The summed E-state index contributed by atoms with van der Waals surface area (Å²) < 4.78 is 0. The molecule has 5 unspecified atom stereocenters. The van der Waals surface area contributed by atoms with Crippen molar-refractivity contribution < 1.29 is 34.2 Å². The Labute approximate surface area is 188 Å². The summed E-state index contributed by atoms with van der Waals surface area (Å²) in [6.07, 6.45) is 1.03. The van der Waals surface area contributed by atoms with Crippen molar-refractivity contribution in [1.29, 1.82) is 0 Å². The van der Waals surface area contributed by atoms with Crippen molar-refractivity contribution >= 4 is 29.7 Å². The third kappa shape index (κ3) is 7.77. The molecule has 0 saturated carbocycles. The molecule has 182 valence electrons. The van der Waals surface area contributed by atoms with Crippen LogP contribution in [0.25, 0.3) is 0 Å². The van der Waals surface area contributed by atoms with Gasteiger partial charge in [-0.15, -0.1) is 0 Å². The van der Waals surface area contributed by atoms with E-state index in [2.05, 4.69) is 10.6 Å². The predicted octanol–water partition coefficient (Wildman–Crippen LogP) is -0.0742. The molecule has 11 heteroatoms. The van der Waals surface area contributed by atoms with E-state index in [1.54, 1.807) is 6.92 Å². The van der Waals surface area contributed by atoms with Gasteiger partial charge in [-0.1, -0.05) is 34.1 Å². The Hall–Kier alpha value is -2.69. The van der Waals surface area contributed by atoms with E-state index >= 15 is 0 Å². The number of hydrogen-bond donors (Lipinski definition) is 5. The van der Waals surface area contributed by atoms with Gasteiger partial charge in [0.15, 0.2) is 0 Å². The lowest BCUT2D eigenvalue weighted by Crippen LogP contribution is -2.58. The van der Waals surface area contributed by atoms with E-state index in [0.717, 1.165) is 0 Å². The van der Waals surface area contributed by atoms with Gasteiger partial charge in [0.2, 0.25) is 17.7 Å². The molecule has 0 radical (unpaired) electrons. The number of hydrogen-bond acceptors (Lipinski definition) is 6. The summed E-state index contributed by atoms with van der Waals surface area (Å²) in [4.78, 5) is 62.3. The van der Waals surface area contributed by atoms with E-state index in [1.807, 2.05) is 20.8 Å². The average Bonchev–Trinajstić information content (AvgIpc) is 3.20. The molecule has 1 fully saturated rings. The lowest BCUT2D eigenvalue weighted by molar-refractivity contribution is -0.150. The van der Waals surface area contributed by atoms with Crippen molar-refractivity contribution in [3.8, 4) is 0 Å². The van der Waals surface area contributed by atoms with Gasteiger partial charge in [0.25, 0.3) is 0 Å². The van der Waals surface area contributed by atoms with E-state index in [4.69, 9.17) is 5.73 Å². The minimum atomic E-state index is -1.42. The number of aliphatic carboxylic acids is 2. The molecule has 3 amide bonds. The topological polar surface area (TPSA) is 179 Å². The molecule has 0 aromatic carbocycles. The lowest BCUT2D eigenvalue weighted by atomic mass is 9.98. The molecule has 0 bridgehead atoms. The van der Waals surface area contributed by atoms with Crippen LogP contribution in [-0.2, 0) is 24.0 Å². The van der Waals surface area contributed by atoms with Gasteiger partial charge < -0.3 is 31.5 Å². The monoisotopic (exact) mass is 456 g/mol. The van der Waals surface area contributed by atoms with Crippen molar-refractivity contribution in [1.82, 2.24) is 15.5 Å². The fourth-order valence-electron chi connectivity index (χ4n) is 3.62. The molecule has 1 rings (SSSR count). The summed E-state index contributed by atoms with van der Waals surface area (Å²) in [6, 6.07) is -4.35. The minimum absolute atomic E-state index is 0.0125. The second-order valence-corrected chi connectivity index (χ2v) is 8.79. The van der Waals surface area contributed by atoms with Crippen LogP contribution >= 0.6 is 0 Å². The minimum Gasteiger partial charge on any atom is -0.481 e. The van der Waals surface area contributed by atoms with Gasteiger partial charge in [-0.05, 0) is 31.1 Å². The zero-order chi connectivity index (χ0) is 24.6. The van der Waals surface area contributed by atoms with Gasteiger partial charge in [-0.3, -0.25) is 19.2 Å². The fourth-order valence-corrected chi connectivity index (χ4v) is 3.62. The molecule has 32 heavy (non-hydrogen) atoms. The smallest absolute Gasteiger partial charge is 0.326 e. The van der Waals surface area contributed by atoms with Crippen molar-refractivity contribution in [3.05, 3.63) is 0 Å². The third-order valence-corrected chi connectivity index (χ3v) is 5.71. The Morgan fingerprint density at radius 2 is 1.62 bits per heavy atom. The molecular formula is C21H36N4O7. The van der Waals surface area contributed by atoms with Gasteiger partial charge in [0.05, 0.1) is 12.5 Å². The third-order valence-electron chi connectivity index (χ3n) is 5.71. The average molecular weight is 457 g/mol. The van der Waals surface area contributed by atoms with E-state index < -0.39 is 60.2 Å². The Balaban J connectivity index is 3.02. The van der Waals surface area contributed by atoms with Crippen LogP contribution in [0.1, 0.15) is 59.8 Å². The standard InChI is InChI=1S/C21H36N4O7/c1-5-12(4)17(22)19(29)23-13(10-16(26)27)18(28)24-14(9-11(2)3)20(30)25-8-6-7-15(25)21(31)32/h11-15,17H,5-10,22H2,1-4H3,(H,23,29)(H,24,28)(H,26,27)(H,31,32). The summed E-state index contributed by atoms with van der Waals surface area (Å²) in [5, 5.41) is 23.5. The zero-order valence-electron chi connectivity index (χ0n) is 19.2. The van der Waals surface area contributed by atoms with Gasteiger partial charge in [0, 0.05) is 6.54 Å². The van der Waals surface area contributed by atoms with Crippen LogP contribution in [0.4, 0.5) is 0 Å². The van der Waals surface area contributed by atoms with Crippen LogP contribution in [0.15, 0.2) is 0 Å². The van der Waals surface area contributed by atoms with Crippen molar-refractivity contribution in [2.75, 3.05) is 6.54 Å². The summed E-state index contributed by atoms with van der Waals surface area (Å²) in [5.41, 5.74) is 5.88. The van der Waals surface area contributed by atoms with E-state index in [1.165, 1.54) is 4.90 Å². The highest BCUT2D eigenvalue weighted by atomic mass is 16.4. The fraction of sp³-hybridized carbons (Fsp3) is 0.762. The number of nitrogens with two attached hydrogens (primary N) is 1. The second kappa shape index (κ2) is 12.4. The quantitative estimate of drug-likeness (QED) is 0.270. The highest BCUT2D eigenvalue weighted by molar-refractivity contribution is 5.95. The Morgan fingerprint density at radius 3 is 2.12 bits per heavy atom. The largest absolute Gasteiger partial charge is 0.481 e. The van der Waals surface area contributed by atoms with Crippen LogP contribution in [0.2, 0.25) is 0 Å². The molecule has 1 heterocycles. The second-order valence-electron chi connectivity index (χ2n) is 8.79. The van der Waals surface area contributed by atoms with Crippen LogP contribution in [0.5, 0.6) is 0 Å². The summed E-state index contributed by atoms with van der Waals surface area (Å²) >= 11 is 0. The maximum atomic E-state index is 13.1. The molecule has 5 atom stereocenters. The molecule has 0 spiro atoms. The normalized spacial score (nSPS) is 19.7. The predicted molar refractivity (Wildman–Crippen MR) is 115 cm³/mol. The molecule has 1 aliphatic heterocycles. The first-order valence-corrected chi connectivity index (χ1v) is 11.0. The Bertz CT molecular complexity index is 712. The highest BCUT2D eigenvalue weighted by Crippen LogP contribution is 2.20. The van der Waals surface area contributed by atoms with E-state index in [0.29, 0.717) is 19.3 Å². The number of carboxylic acids is 2. The Morgan fingerprint density at radius 1 is 1.03 bits per heavy atom. The summed E-state index contributed by atoms with van der Waals surface area (Å²) in [6.45, 7) is 7.56. The van der Waals surface area contributed by atoms with Crippen LogP contribution in [0.3, 0.4) is 0 Å². The number of carboxylic acid groups (broad SMARTS) is 2. The van der Waals surface area contributed by atoms with Crippen molar-refractivity contribution in [3.63, 3.8) is 0 Å².